The molecule has 3 nitrogen and oxygen atoms in total. The molecule has 1 aliphatic heterocycles. The van der Waals surface area contributed by atoms with Gasteiger partial charge in [-0.05, 0) is 43.7 Å². The minimum absolute atomic E-state index is 0.0549. The predicted octanol–water partition coefficient (Wildman–Crippen LogP) is 4.69. The van der Waals surface area contributed by atoms with Crippen molar-refractivity contribution in [1.29, 1.82) is 0 Å². The largest absolute Gasteiger partial charge is 0.457 e. The number of benzene rings is 2. The summed E-state index contributed by atoms with van der Waals surface area (Å²) in [4.78, 5) is 12.7. The third-order valence-corrected chi connectivity index (χ3v) is 3.79. The number of carbonyl (C=O) groups excluding carboxylic acids is 1. The number of piperidine rings is 1. The van der Waals surface area contributed by atoms with Crippen molar-refractivity contribution < 1.29 is 9.53 Å². The fraction of sp³-hybridized carbons (Fsp3) is 0.350. The van der Waals surface area contributed by atoms with E-state index >= 15 is 0 Å². The van der Waals surface area contributed by atoms with E-state index in [0.717, 1.165) is 31.7 Å². The first kappa shape index (κ1) is 17.2. The highest BCUT2D eigenvalue weighted by atomic mass is 16.5. The fourth-order valence-electron chi connectivity index (χ4n) is 2.67. The Labute approximate surface area is 138 Å². The van der Waals surface area contributed by atoms with Gasteiger partial charge in [-0.1, -0.05) is 44.2 Å². The van der Waals surface area contributed by atoms with Crippen LogP contribution in [0.3, 0.4) is 0 Å². The van der Waals surface area contributed by atoms with Crippen LogP contribution in [0.25, 0.3) is 0 Å². The Morgan fingerprint density at radius 3 is 2.43 bits per heavy atom. The van der Waals surface area contributed by atoms with Gasteiger partial charge < -0.3 is 10.1 Å². The number of hydrogen-bond acceptors (Lipinski definition) is 3. The minimum atomic E-state index is 0.0549. The Kier molecular flexibility index (Phi) is 6.82. The van der Waals surface area contributed by atoms with Crippen LogP contribution in [0.4, 0.5) is 0 Å². The molecule has 122 valence electrons. The summed E-state index contributed by atoms with van der Waals surface area (Å²) in [7, 11) is 0. The van der Waals surface area contributed by atoms with E-state index in [1.165, 1.54) is 0 Å². The van der Waals surface area contributed by atoms with E-state index in [2.05, 4.69) is 5.32 Å². The van der Waals surface area contributed by atoms with Gasteiger partial charge in [0.25, 0.3) is 0 Å². The van der Waals surface area contributed by atoms with Gasteiger partial charge in [-0.15, -0.1) is 0 Å². The van der Waals surface area contributed by atoms with Crippen molar-refractivity contribution in [3.05, 3.63) is 60.2 Å². The molecule has 3 heteroatoms. The number of para-hydroxylation sites is 2. The van der Waals surface area contributed by atoms with Crippen molar-refractivity contribution >= 4 is 5.78 Å². The Hall–Kier alpha value is -2.13. The number of Topliss-reactive ketones (excluding diaryl/α,β-unsaturated/α-hetero) is 1. The standard InChI is InChI=1S/C18H19NO2.C2H6/c20-18(14-7-6-12-19-13-14)16-10-4-5-11-17(16)21-15-8-2-1-3-9-15;1-2/h1-5,8-11,14,19H,6-7,12-13H2;1-2H3/t14-;/m1./s1. The second-order valence-electron chi connectivity index (χ2n) is 5.32. The highest BCUT2D eigenvalue weighted by molar-refractivity contribution is 6.00. The second kappa shape index (κ2) is 9.11. The smallest absolute Gasteiger partial charge is 0.170 e. The quantitative estimate of drug-likeness (QED) is 0.833. The summed E-state index contributed by atoms with van der Waals surface area (Å²) in [6, 6.07) is 17.1. The van der Waals surface area contributed by atoms with Gasteiger partial charge in [-0.2, -0.15) is 0 Å². The van der Waals surface area contributed by atoms with Crippen molar-refractivity contribution in [3.8, 4) is 11.5 Å². The topological polar surface area (TPSA) is 38.3 Å². The molecule has 0 saturated carbocycles. The molecule has 0 aliphatic carbocycles. The van der Waals surface area contributed by atoms with Crippen molar-refractivity contribution in [2.45, 2.75) is 26.7 Å². The van der Waals surface area contributed by atoms with Crippen LogP contribution in [0, 0.1) is 5.92 Å². The molecule has 1 N–H and O–H groups in total. The van der Waals surface area contributed by atoms with Crippen LogP contribution in [-0.2, 0) is 0 Å². The van der Waals surface area contributed by atoms with E-state index in [0.29, 0.717) is 11.3 Å². The third-order valence-electron chi connectivity index (χ3n) is 3.79. The summed E-state index contributed by atoms with van der Waals surface area (Å²) in [5.41, 5.74) is 0.676. The first-order valence-corrected chi connectivity index (χ1v) is 8.41. The van der Waals surface area contributed by atoms with E-state index in [1.54, 1.807) is 0 Å². The SMILES string of the molecule is CC.O=C(c1ccccc1Oc1ccccc1)[C@@H]1CCCNC1. The summed E-state index contributed by atoms with van der Waals surface area (Å²) in [5, 5.41) is 3.29. The fourth-order valence-corrected chi connectivity index (χ4v) is 2.67. The molecule has 1 heterocycles. The number of rotatable bonds is 4. The second-order valence-corrected chi connectivity index (χ2v) is 5.32. The van der Waals surface area contributed by atoms with Crippen LogP contribution in [0.1, 0.15) is 37.0 Å². The van der Waals surface area contributed by atoms with E-state index in [-0.39, 0.29) is 11.7 Å². The number of ether oxygens (including phenoxy) is 1. The zero-order chi connectivity index (χ0) is 16.5. The van der Waals surface area contributed by atoms with Crippen LogP contribution < -0.4 is 10.1 Å². The van der Waals surface area contributed by atoms with Crippen LogP contribution in [-0.4, -0.2) is 18.9 Å². The first-order valence-electron chi connectivity index (χ1n) is 8.41. The molecule has 2 aromatic rings. The summed E-state index contributed by atoms with van der Waals surface area (Å²) in [6.07, 6.45) is 2.00. The van der Waals surface area contributed by atoms with E-state index in [1.807, 2.05) is 68.4 Å². The Bertz CT molecular complexity index is 604. The highest BCUT2D eigenvalue weighted by Crippen LogP contribution is 2.28. The molecule has 1 saturated heterocycles. The molecule has 1 aliphatic rings. The molecule has 0 bridgehead atoms. The van der Waals surface area contributed by atoms with Gasteiger partial charge in [-0.25, -0.2) is 0 Å². The molecule has 0 unspecified atom stereocenters. The third kappa shape index (κ3) is 4.67. The van der Waals surface area contributed by atoms with Gasteiger partial charge in [0.1, 0.15) is 11.5 Å². The lowest BCUT2D eigenvalue weighted by Crippen LogP contribution is -2.34. The predicted molar refractivity (Wildman–Crippen MR) is 94.2 cm³/mol. The van der Waals surface area contributed by atoms with Gasteiger partial charge in [0, 0.05) is 12.5 Å². The molecule has 2 aromatic carbocycles. The molecule has 3 rings (SSSR count). The lowest BCUT2D eigenvalue weighted by Gasteiger charge is -2.22. The molecular formula is C20H25NO2. The number of hydrogen-bond donors (Lipinski definition) is 1. The summed E-state index contributed by atoms with van der Waals surface area (Å²) < 4.78 is 5.88. The maximum absolute atomic E-state index is 12.7. The molecule has 0 spiro atoms. The Morgan fingerprint density at radius 2 is 1.74 bits per heavy atom. The van der Waals surface area contributed by atoms with Crippen LogP contribution in [0.15, 0.2) is 54.6 Å². The lowest BCUT2D eigenvalue weighted by atomic mass is 9.90. The van der Waals surface area contributed by atoms with Gasteiger partial charge in [0.05, 0.1) is 5.56 Å². The molecule has 0 radical (unpaired) electrons. The number of ketones is 1. The Morgan fingerprint density at radius 1 is 1.04 bits per heavy atom. The molecule has 0 amide bonds. The van der Waals surface area contributed by atoms with E-state index < -0.39 is 0 Å². The molecule has 1 fully saturated rings. The maximum Gasteiger partial charge on any atom is 0.170 e. The minimum Gasteiger partial charge on any atom is -0.457 e. The van der Waals surface area contributed by atoms with E-state index in [9.17, 15) is 4.79 Å². The number of nitrogens with one attached hydrogen (secondary N) is 1. The highest BCUT2D eigenvalue weighted by Gasteiger charge is 2.24. The molecule has 23 heavy (non-hydrogen) atoms. The van der Waals surface area contributed by atoms with Crippen molar-refractivity contribution in [2.75, 3.05) is 13.1 Å². The summed E-state index contributed by atoms with van der Waals surface area (Å²) in [5.74, 6) is 1.62. The van der Waals surface area contributed by atoms with Crippen molar-refractivity contribution in [3.63, 3.8) is 0 Å². The van der Waals surface area contributed by atoms with Crippen molar-refractivity contribution in [2.24, 2.45) is 5.92 Å². The monoisotopic (exact) mass is 311 g/mol. The average molecular weight is 311 g/mol. The number of carbonyl (C=O) groups is 1. The van der Waals surface area contributed by atoms with Crippen molar-refractivity contribution in [1.82, 2.24) is 5.32 Å². The summed E-state index contributed by atoms with van der Waals surface area (Å²) in [6.45, 7) is 5.77. The van der Waals surface area contributed by atoms with Crippen LogP contribution in [0.2, 0.25) is 0 Å². The normalized spacial score (nSPS) is 16.9. The van der Waals surface area contributed by atoms with Crippen LogP contribution >= 0.6 is 0 Å². The van der Waals surface area contributed by atoms with Gasteiger partial charge in [0.15, 0.2) is 5.78 Å². The molecular weight excluding hydrogens is 286 g/mol. The zero-order valence-electron chi connectivity index (χ0n) is 13.9. The summed E-state index contributed by atoms with van der Waals surface area (Å²) >= 11 is 0. The average Bonchev–Trinajstić information content (AvgIpc) is 2.65. The van der Waals surface area contributed by atoms with E-state index in [4.69, 9.17) is 4.74 Å². The maximum atomic E-state index is 12.7. The zero-order valence-corrected chi connectivity index (χ0v) is 13.9. The Balaban J connectivity index is 0.000000924. The lowest BCUT2D eigenvalue weighted by molar-refractivity contribution is 0.0897. The van der Waals surface area contributed by atoms with Gasteiger partial charge in [-0.3, -0.25) is 4.79 Å². The molecule has 0 aromatic heterocycles. The van der Waals surface area contributed by atoms with Crippen LogP contribution in [0.5, 0.6) is 11.5 Å². The van der Waals surface area contributed by atoms with Gasteiger partial charge in [0.2, 0.25) is 0 Å². The van der Waals surface area contributed by atoms with Gasteiger partial charge >= 0.3 is 0 Å². The first-order chi connectivity index (χ1) is 11.3. The molecule has 1 atom stereocenters.